The van der Waals surface area contributed by atoms with Crippen molar-refractivity contribution < 1.29 is 18.3 Å². The summed E-state index contributed by atoms with van der Waals surface area (Å²) in [5, 5.41) is 1.87. The first-order valence-electron chi connectivity index (χ1n) is 8.65. The topological polar surface area (TPSA) is 61.8 Å². The molecule has 0 atom stereocenters. The molecule has 0 amide bonds. The van der Waals surface area contributed by atoms with Gasteiger partial charge in [0.2, 0.25) is 0 Å². The molecule has 0 bridgehead atoms. The predicted molar refractivity (Wildman–Crippen MR) is 99.3 cm³/mol. The Hall–Kier alpha value is -2.95. The van der Waals surface area contributed by atoms with E-state index >= 15 is 0 Å². The molecule has 132 valence electrons. The van der Waals surface area contributed by atoms with Crippen LogP contribution in [-0.2, 0) is 6.42 Å². The molecule has 2 aromatic heterocycles. The molecule has 5 heteroatoms. The van der Waals surface area contributed by atoms with E-state index in [-0.39, 0.29) is 5.60 Å². The van der Waals surface area contributed by atoms with Gasteiger partial charge in [0.1, 0.15) is 39.0 Å². The zero-order valence-electron chi connectivity index (χ0n) is 14.8. The molecule has 0 unspecified atom stereocenters. The lowest BCUT2D eigenvalue weighted by atomic mass is 9.92. The lowest BCUT2D eigenvalue weighted by Gasteiger charge is -2.33. The third-order valence-corrected chi connectivity index (χ3v) is 5.10. The highest BCUT2D eigenvalue weighted by Crippen LogP contribution is 2.45. The van der Waals surface area contributed by atoms with Crippen LogP contribution >= 0.6 is 0 Å². The van der Waals surface area contributed by atoms with Crippen molar-refractivity contribution in [3.8, 4) is 11.5 Å². The van der Waals surface area contributed by atoms with Crippen LogP contribution in [0.5, 0.6) is 11.5 Å². The molecule has 0 radical (unpaired) electrons. The summed E-state index contributed by atoms with van der Waals surface area (Å²) in [4.78, 5) is 12.7. The Morgan fingerprint density at radius 3 is 2.69 bits per heavy atom. The minimum absolute atomic E-state index is 0.268. The Bertz CT molecular complexity index is 1240. The van der Waals surface area contributed by atoms with Crippen molar-refractivity contribution in [1.29, 1.82) is 0 Å². The SMILES string of the molecule is COc1c2c(cc3oc(=O)c4c5ccccc5oc4c13)OC(C)(C)CC2. The second kappa shape index (κ2) is 5.04. The zero-order valence-corrected chi connectivity index (χ0v) is 14.8. The summed E-state index contributed by atoms with van der Waals surface area (Å²) in [6, 6.07) is 9.24. The number of furan rings is 1. The number of ether oxygens (including phenoxy) is 2. The van der Waals surface area contributed by atoms with Crippen LogP contribution in [0.25, 0.3) is 32.9 Å². The molecule has 0 saturated carbocycles. The number of benzene rings is 2. The second-order valence-electron chi connectivity index (χ2n) is 7.31. The minimum atomic E-state index is -0.422. The van der Waals surface area contributed by atoms with Crippen LogP contribution in [0.15, 0.2) is 44.0 Å². The van der Waals surface area contributed by atoms with Crippen molar-refractivity contribution in [2.75, 3.05) is 7.11 Å². The number of para-hydroxylation sites is 1. The minimum Gasteiger partial charge on any atom is -0.495 e. The normalized spacial score (nSPS) is 16.0. The highest BCUT2D eigenvalue weighted by molar-refractivity contribution is 6.15. The Morgan fingerprint density at radius 1 is 1.08 bits per heavy atom. The number of hydrogen-bond donors (Lipinski definition) is 0. The number of methoxy groups -OCH3 is 1. The van der Waals surface area contributed by atoms with Gasteiger partial charge in [0, 0.05) is 17.0 Å². The first-order chi connectivity index (χ1) is 12.5. The third kappa shape index (κ3) is 2.00. The Balaban J connectivity index is 1.97. The van der Waals surface area contributed by atoms with E-state index in [0.717, 1.165) is 23.8 Å². The summed E-state index contributed by atoms with van der Waals surface area (Å²) in [5.74, 6) is 1.35. The standard InChI is InChI=1S/C21H18O5/c1-21(2)9-8-12-14(26-21)10-15-17(18(12)23-3)19-16(20(22)25-15)11-6-4-5-7-13(11)24-19/h4-7,10H,8-9H2,1-3H3. The molecular formula is C21H18O5. The van der Waals surface area contributed by atoms with Crippen molar-refractivity contribution in [2.45, 2.75) is 32.3 Å². The largest absolute Gasteiger partial charge is 0.495 e. The van der Waals surface area contributed by atoms with Gasteiger partial charge < -0.3 is 18.3 Å². The molecule has 0 fully saturated rings. The fourth-order valence-electron chi connectivity index (χ4n) is 3.85. The summed E-state index contributed by atoms with van der Waals surface area (Å²) in [5.41, 5.74) is 1.86. The van der Waals surface area contributed by atoms with E-state index < -0.39 is 5.63 Å². The molecule has 3 heterocycles. The van der Waals surface area contributed by atoms with Gasteiger partial charge in [0.15, 0.2) is 5.58 Å². The van der Waals surface area contributed by atoms with Crippen LogP contribution in [0.4, 0.5) is 0 Å². The molecule has 26 heavy (non-hydrogen) atoms. The molecule has 4 aromatic rings. The van der Waals surface area contributed by atoms with Crippen LogP contribution in [0.3, 0.4) is 0 Å². The quantitative estimate of drug-likeness (QED) is 0.461. The molecular weight excluding hydrogens is 332 g/mol. The summed E-state index contributed by atoms with van der Waals surface area (Å²) in [6.45, 7) is 4.09. The van der Waals surface area contributed by atoms with E-state index in [2.05, 4.69) is 0 Å². The van der Waals surface area contributed by atoms with E-state index in [9.17, 15) is 4.79 Å². The number of fused-ring (bicyclic) bond motifs is 6. The molecule has 5 rings (SSSR count). The maximum atomic E-state index is 12.7. The smallest absolute Gasteiger partial charge is 0.348 e. The maximum Gasteiger partial charge on any atom is 0.348 e. The lowest BCUT2D eigenvalue weighted by molar-refractivity contribution is 0.0838. The zero-order chi connectivity index (χ0) is 18.1. The van der Waals surface area contributed by atoms with Gasteiger partial charge in [0.05, 0.1) is 7.11 Å². The second-order valence-corrected chi connectivity index (χ2v) is 7.31. The van der Waals surface area contributed by atoms with Crippen molar-refractivity contribution in [2.24, 2.45) is 0 Å². The van der Waals surface area contributed by atoms with E-state index in [1.54, 1.807) is 13.2 Å². The molecule has 1 aliphatic heterocycles. The van der Waals surface area contributed by atoms with Crippen molar-refractivity contribution in [3.63, 3.8) is 0 Å². The summed E-state index contributed by atoms with van der Waals surface area (Å²) in [6.07, 6.45) is 1.70. The fraction of sp³-hybridized carbons (Fsp3) is 0.286. The van der Waals surface area contributed by atoms with Crippen LogP contribution in [0.2, 0.25) is 0 Å². The van der Waals surface area contributed by atoms with E-state index in [1.807, 2.05) is 38.1 Å². The van der Waals surface area contributed by atoms with Crippen LogP contribution in [-0.4, -0.2) is 12.7 Å². The maximum absolute atomic E-state index is 12.7. The van der Waals surface area contributed by atoms with E-state index in [4.69, 9.17) is 18.3 Å². The van der Waals surface area contributed by atoms with Crippen molar-refractivity contribution >= 4 is 32.9 Å². The van der Waals surface area contributed by atoms with Crippen LogP contribution in [0.1, 0.15) is 25.8 Å². The fourth-order valence-corrected chi connectivity index (χ4v) is 3.85. The highest BCUT2D eigenvalue weighted by Gasteiger charge is 2.31. The van der Waals surface area contributed by atoms with Gasteiger partial charge >= 0.3 is 5.63 Å². The highest BCUT2D eigenvalue weighted by atomic mass is 16.5. The molecule has 0 saturated heterocycles. The molecule has 1 aliphatic rings. The Kier molecular flexibility index (Phi) is 2.97. The van der Waals surface area contributed by atoms with Crippen molar-refractivity contribution in [1.82, 2.24) is 0 Å². The van der Waals surface area contributed by atoms with Gasteiger partial charge in [0.25, 0.3) is 0 Å². The number of hydrogen-bond acceptors (Lipinski definition) is 5. The molecule has 0 spiro atoms. The summed E-state index contributed by atoms with van der Waals surface area (Å²) in [7, 11) is 1.62. The lowest BCUT2D eigenvalue weighted by Crippen LogP contribution is -2.32. The van der Waals surface area contributed by atoms with Gasteiger partial charge in [-0.3, -0.25) is 0 Å². The molecule has 2 aromatic carbocycles. The Morgan fingerprint density at radius 2 is 1.88 bits per heavy atom. The van der Waals surface area contributed by atoms with Crippen LogP contribution < -0.4 is 15.1 Å². The first-order valence-corrected chi connectivity index (χ1v) is 8.65. The summed E-state index contributed by atoms with van der Waals surface area (Å²) < 4.78 is 23.5. The molecule has 0 aliphatic carbocycles. The average molecular weight is 350 g/mol. The Labute approximate surface area is 149 Å². The summed E-state index contributed by atoms with van der Waals surface area (Å²) >= 11 is 0. The van der Waals surface area contributed by atoms with E-state index in [0.29, 0.717) is 39.0 Å². The molecule has 5 nitrogen and oxygen atoms in total. The van der Waals surface area contributed by atoms with Gasteiger partial charge in [-0.05, 0) is 32.8 Å². The first kappa shape index (κ1) is 15.3. The third-order valence-electron chi connectivity index (χ3n) is 5.10. The van der Waals surface area contributed by atoms with Gasteiger partial charge in [-0.25, -0.2) is 4.79 Å². The number of rotatable bonds is 1. The monoisotopic (exact) mass is 350 g/mol. The average Bonchev–Trinajstić information content (AvgIpc) is 2.99. The molecule has 0 N–H and O–H groups in total. The van der Waals surface area contributed by atoms with Crippen LogP contribution in [0, 0.1) is 0 Å². The van der Waals surface area contributed by atoms with E-state index in [1.165, 1.54) is 0 Å². The van der Waals surface area contributed by atoms with Gasteiger partial charge in [-0.1, -0.05) is 18.2 Å². The predicted octanol–water partition coefficient (Wildman–Crippen LogP) is 4.80. The van der Waals surface area contributed by atoms with Gasteiger partial charge in [-0.15, -0.1) is 0 Å². The van der Waals surface area contributed by atoms with Crippen molar-refractivity contribution in [3.05, 3.63) is 46.3 Å². The van der Waals surface area contributed by atoms with Gasteiger partial charge in [-0.2, -0.15) is 0 Å².